The molecule has 2 aliphatic rings. The number of piperidine rings is 1. The van der Waals surface area contributed by atoms with Crippen LogP contribution in [-0.2, 0) is 9.59 Å². The first-order chi connectivity index (χ1) is 8.16. The lowest BCUT2D eigenvalue weighted by Gasteiger charge is -2.23. The number of carbonyl (C=O) groups is 2. The summed E-state index contributed by atoms with van der Waals surface area (Å²) in [5.74, 6) is 0.222. The number of hydrogen-bond acceptors (Lipinski definition) is 3. The monoisotopic (exact) mass is 238 g/mol. The highest BCUT2D eigenvalue weighted by Crippen LogP contribution is 2.18. The average Bonchev–Trinajstić information content (AvgIpc) is 3.06. The van der Waals surface area contributed by atoms with E-state index in [2.05, 4.69) is 10.3 Å². The van der Waals surface area contributed by atoms with E-state index in [0.29, 0.717) is 44.4 Å². The zero-order valence-electron chi connectivity index (χ0n) is 9.82. The molecule has 6 heteroatoms. The van der Waals surface area contributed by atoms with Crippen LogP contribution in [-0.4, -0.2) is 41.8 Å². The van der Waals surface area contributed by atoms with Crippen LogP contribution < -0.4 is 11.1 Å². The number of nitrogens with two attached hydrogens (primary N) is 1. The lowest BCUT2D eigenvalue weighted by Crippen LogP contribution is -2.42. The Kier molecular flexibility index (Phi) is 3.61. The van der Waals surface area contributed by atoms with Crippen molar-refractivity contribution in [2.45, 2.75) is 38.1 Å². The van der Waals surface area contributed by atoms with Gasteiger partial charge in [-0.15, -0.1) is 0 Å². The number of likely N-dealkylation sites (tertiary alicyclic amines) is 1. The molecule has 0 spiro atoms. The molecule has 0 aromatic heterocycles. The van der Waals surface area contributed by atoms with Gasteiger partial charge in [-0.3, -0.25) is 19.5 Å². The lowest BCUT2D eigenvalue weighted by atomic mass is 10.1. The Balaban J connectivity index is 1.75. The zero-order chi connectivity index (χ0) is 12.3. The molecule has 1 aliphatic heterocycles. The van der Waals surface area contributed by atoms with Gasteiger partial charge in [0, 0.05) is 25.4 Å². The fourth-order valence-corrected chi connectivity index (χ4v) is 1.80. The van der Waals surface area contributed by atoms with Gasteiger partial charge in [-0.1, -0.05) is 0 Å². The van der Waals surface area contributed by atoms with E-state index in [0.717, 1.165) is 12.8 Å². The van der Waals surface area contributed by atoms with E-state index < -0.39 is 0 Å². The summed E-state index contributed by atoms with van der Waals surface area (Å²) in [5, 5.41) is 3.05. The van der Waals surface area contributed by atoms with Gasteiger partial charge in [0.15, 0.2) is 5.96 Å². The van der Waals surface area contributed by atoms with Gasteiger partial charge in [-0.25, -0.2) is 0 Å². The average molecular weight is 238 g/mol. The predicted octanol–water partition coefficient (Wildman–Crippen LogP) is -0.408. The molecule has 2 rings (SSSR count). The highest BCUT2D eigenvalue weighted by molar-refractivity contribution is 5.97. The van der Waals surface area contributed by atoms with E-state index in [1.807, 2.05) is 0 Å². The molecule has 1 aliphatic carbocycles. The number of imide groups is 1. The Hall–Kier alpha value is -1.59. The number of aliphatic imine (C=N–C) groups is 1. The van der Waals surface area contributed by atoms with Crippen molar-refractivity contribution in [2.24, 2.45) is 10.7 Å². The van der Waals surface area contributed by atoms with Gasteiger partial charge in [0.2, 0.25) is 11.8 Å². The topological polar surface area (TPSA) is 87.8 Å². The Morgan fingerprint density at radius 2 is 2.00 bits per heavy atom. The smallest absolute Gasteiger partial charge is 0.229 e. The molecule has 0 aromatic carbocycles. The number of hydrogen-bond donors (Lipinski definition) is 2. The van der Waals surface area contributed by atoms with Crippen LogP contribution in [0.15, 0.2) is 4.99 Å². The van der Waals surface area contributed by atoms with Gasteiger partial charge in [0.25, 0.3) is 0 Å². The molecule has 1 saturated carbocycles. The maximum Gasteiger partial charge on any atom is 0.229 e. The fraction of sp³-hybridized carbons (Fsp3) is 0.727. The number of carbonyl (C=O) groups excluding carboxylic acids is 2. The molecule has 17 heavy (non-hydrogen) atoms. The first-order valence-electron chi connectivity index (χ1n) is 6.06. The Morgan fingerprint density at radius 3 is 2.59 bits per heavy atom. The molecule has 0 unspecified atom stereocenters. The van der Waals surface area contributed by atoms with E-state index >= 15 is 0 Å². The maximum atomic E-state index is 11.5. The minimum absolute atomic E-state index is 0.0924. The minimum atomic E-state index is -0.0924. The van der Waals surface area contributed by atoms with Gasteiger partial charge in [-0.05, 0) is 19.3 Å². The van der Waals surface area contributed by atoms with Crippen LogP contribution in [0.25, 0.3) is 0 Å². The van der Waals surface area contributed by atoms with Crippen molar-refractivity contribution < 1.29 is 9.59 Å². The second-order valence-electron chi connectivity index (χ2n) is 4.48. The molecule has 3 N–H and O–H groups in total. The standard InChI is InChI=1S/C11H18N4O2/c12-11(14-8-4-5-8)13-6-7-15-9(16)2-1-3-10(15)17/h8H,1-7H2,(H3,12,13,14). The number of amides is 2. The van der Waals surface area contributed by atoms with E-state index in [1.54, 1.807) is 0 Å². The molecule has 94 valence electrons. The van der Waals surface area contributed by atoms with Crippen LogP contribution >= 0.6 is 0 Å². The Bertz CT molecular complexity index is 333. The highest BCUT2D eigenvalue weighted by Gasteiger charge is 2.25. The number of guanidine groups is 1. The second kappa shape index (κ2) is 5.16. The Labute approximate surface area is 100 Å². The van der Waals surface area contributed by atoms with E-state index in [1.165, 1.54) is 4.90 Å². The summed E-state index contributed by atoms with van der Waals surface area (Å²) in [5.41, 5.74) is 5.65. The van der Waals surface area contributed by atoms with Crippen molar-refractivity contribution in [3.63, 3.8) is 0 Å². The minimum Gasteiger partial charge on any atom is -0.370 e. The van der Waals surface area contributed by atoms with Gasteiger partial charge in [0.05, 0.1) is 6.54 Å². The molecule has 0 radical (unpaired) electrons. The molecule has 6 nitrogen and oxygen atoms in total. The maximum absolute atomic E-state index is 11.5. The lowest BCUT2D eigenvalue weighted by molar-refractivity contribution is -0.147. The third-order valence-corrected chi connectivity index (χ3v) is 2.92. The van der Waals surface area contributed by atoms with Gasteiger partial charge in [0.1, 0.15) is 0 Å². The SMILES string of the molecule is NC(=NCCN1C(=O)CCCC1=O)NC1CC1. The van der Waals surface area contributed by atoms with E-state index in [9.17, 15) is 9.59 Å². The van der Waals surface area contributed by atoms with Crippen LogP contribution in [0.5, 0.6) is 0 Å². The van der Waals surface area contributed by atoms with Crippen LogP contribution in [0.1, 0.15) is 32.1 Å². The van der Waals surface area contributed by atoms with Crippen LogP contribution in [0.4, 0.5) is 0 Å². The molecular formula is C11H18N4O2. The summed E-state index contributed by atoms with van der Waals surface area (Å²) >= 11 is 0. The van der Waals surface area contributed by atoms with Gasteiger partial charge >= 0.3 is 0 Å². The number of rotatable bonds is 4. The quantitative estimate of drug-likeness (QED) is 0.396. The predicted molar refractivity (Wildman–Crippen MR) is 63.2 cm³/mol. The molecular weight excluding hydrogens is 220 g/mol. The van der Waals surface area contributed by atoms with Crippen LogP contribution in [0, 0.1) is 0 Å². The summed E-state index contributed by atoms with van der Waals surface area (Å²) in [7, 11) is 0. The number of nitrogens with zero attached hydrogens (tertiary/aromatic N) is 2. The molecule has 0 aromatic rings. The first kappa shape index (κ1) is 11.9. The van der Waals surface area contributed by atoms with E-state index in [-0.39, 0.29) is 11.8 Å². The molecule has 0 atom stereocenters. The second-order valence-corrected chi connectivity index (χ2v) is 4.48. The third-order valence-electron chi connectivity index (χ3n) is 2.92. The largest absolute Gasteiger partial charge is 0.370 e. The summed E-state index contributed by atoms with van der Waals surface area (Å²) in [6, 6.07) is 0.469. The fourth-order valence-electron chi connectivity index (χ4n) is 1.80. The zero-order valence-corrected chi connectivity index (χ0v) is 9.82. The molecule has 0 bridgehead atoms. The van der Waals surface area contributed by atoms with Crippen molar-refractivity contribution in [3.05, 3.63) is 0 Å². The van der Waals surface area contributed by atoms with Crippen molar-refractivity contribution >= 4 is 17.8 Å². The summed E-state index contributed by atoms with van der Waals surface area (Å²) < 4.78 is 0. The van der Waals surface area contributed by atoms with Crippen LogP contribution in [0.2, 0.25) is 0 Å². The highest BCUT2D eigenvalue weighted by atomic mass is 16.2. The summed E-state index contributed by atoms with van der Waals surface area (Å²) in [6.07, 6.45) is 3.87. The van der Waals surface area contributed by atoms with E-state index in [4.69, 9.17) is 5.73 Å². The van der Waals surface area contributed by atoms with Gasteiger partial charge < -0.3 is 11.1 Å². The van der Waals surface area contributed by atoms with Crippen LogP contribution in [0.3, 0.4) is 0 Å². The summed E-state index contributed by atoms with van der Waals surface area (Å²) in [4.78, 5) is 28.3. The summed E-state index contributed by atoms with van der Waals surface area (Å²) in [6.45, 7) is 0.716. The molecule has 1 saturated heterocycles. The normalized spacial score (nSPS) is 21.9. The molecule has 1 heterocycles. The first-order valence-corrected chi connectivity index (χ1v) is 6.06. The molecule has 2 fully saturated rings. The molecule has 2 amide bonds. The van der Waals surface area contributed by atoms with Crippen molar-refractivity contribution in [2.75, 3.05) is 13.1 Å². The van der Waals surface area contributed by atoms with Crippen molar-refractivity contribution in [1.29, 1.82) is 0 Å². The number of nitrogens with one attached hydrogen (secondary N) is 1. The van der Waals surface area contributed by atoms with Crippen molar-refractivity contribution in [1.82, 2.24) is 10.2 Å². The third kappa shape index (κ3) is 3.44. The van der Waals surface area contributed by atoms with Gasteiger partial charge in [-0.2, -0.15) is 0 Å². The Morgan fingerprint density at radius 1 is 1.35 bits per heavy atom. The van der Waals surface area contributed by atoms with Crippen molar-refractivity contribution in [3.8, 4) is 0 Å².